The van der Waals surface area contributed by atoms with E-state index in [0.717, 1.165) is 15.6 Å². The molecule has 0 saturated carbocycles. The van der Waals surface area contributed by atoms with Gasteiger partial charge < -0.3 is 10.2 Å². The molecule has 0 spiro atoms. The number of benzene rings is 2. The number of aromatic nitrogens is 2. The fourth-order valence-electron chi connectivity index (χ4n) is 2.97. The molecule has 1 aromatic heterocycles. The minimum absolute atomic E-state index is 0.0384. The van der Waals surface area contributed by atoms with Gasteiger partial charge in [-0.2, -0.15) is 0 Å². The Labute approximate surface area is 171 Å². The molecule has 0 radical (unpaired) electrons. The highest BCUT2D eigenvalue weighted by molar-refractivity contribution is 7.98. The summed E-state index contributed by atoms with van der Waals surface area (Å²) in [4.78, 5) is 27.7. The van der Waals surface area contributed by atoms with Crippen molar-refractivity contribution in [2.24, 2.45) is 5.92 Å². The van der Waals surface area contributed by atoms with E-state index in [1.165, 1.54) is 11.3 Å². The average Bonchev–Trinajstić information content (AvgIpc) is 3.34. The number of nitrogens with one attached hydrogen (secondary N) is 1. The van der Waals surface area contributed by atoms with E-state index in [9.17, 15) is 9.59 Å². The van der Waals surface area contributed by atoms with Gasteiger partial charge in [0, 0.05) is 23.5 Å². The van der Waals surface area contributed by atoms with Crippen LogP contribution in [0.15, 0.2) is 65.6 Å². The number of anilines is 2. The Hall–Kier alpha value is -2.71. The highest BCUT2D eigenvalue weighted by atomic mass is 32.2. The van der Waals surface area contributed by atoms with Crippen molar-refractivity contribution >= 4 is 45.7 Å². The van der Waals surface area contributed by atoms with Gasteiger partial charge in [0.05, 0.1) is 11.7 Å². The zero-order valence-corrected chi connectivity index (χ0v) is 16.6. The summed E-state index contributed by atoms with van der Waals surface area (Å²) in [7, 11) is 0. The van der Waals surface area contributed by atoms with Gasteiger partial charge in [0.1, 0.15) is 5.01 Å². The summed E-state index contributed by atoms with van der Waals surface area (Å²) in [5.41, 5.74) is 0.818. The topological polar surface area (TPSA) is 75.2 Å². The number of rotatable bonds is 6. The number of carbonyl (C=O) groups is 2. The number of nitrogens with zero attached hydrogens (tertiary/aromatic N) is 3. The lowest BCUT2D eigenvalue weighted by Gasteiger charge is -2.16. The molecule has 3 aromatic rings. The summed E-state index contributed by atoms with van der Waals surface area (Å²) >= 11 is 3.04. The molecular weight excluding hydrogens is 392 g/mol. The first-order chi connectivity index (χ1) is 13.7. The van der Waals surface area contributed by atoms with Crippen LogP contribution in [0, 0.1) is 5.92 Å². The van der Waals surface area contributed by atoms with Crippen molar-refractivity contribution in [3.63, 3.8) is 0 Å². The van der Waals surface area contributed by atoms with E-state index in [1.807, 2.05) is 60.7 Å². The summed E-state index contributed by atoms with van der Waals surface area (Å²) < 4.78 is 0. The summed E-state index contributed by atoms with van der Waals surface area (Å²) in [6, 6.07) is 19.5. The Morgan fingerprint density at radius 2 is 1.82 bits per heavy atom. The van der Waals surface area contributed by atoms with Gasteiger partial charge in [-0.25, -0.2) is 0 Å². The van der Waals surface area contributed by atoms with Crippen molar-refractivity contribution in [2.45, 2.75) is 17.1 Å². The molecular formula is C20H18N4O2S2. The summed E-state index contributed by atoms with van der Waals surface area (Å²) in [6.07, 6.45) is 0.205. The first-order valence-corrected chi connectivity index (χ1v) is 10.7. The molecule has 1 N–H and O–H groups in total. The van der Waals surface area contributed by atoms with Crippen LogP contribution in [0.1, 0.15) is 11.4 Å². The molecule has 1 aliphatic rings. The van der Waals surface area contributed by atoms with Crippen LogP contribution in [0.5, 0.6) is 0 Å². The van der Waals surface area contributed by atoms with Crippen molar-refractivity contribution in [1.82, 2.24) is 10.2 Å². The van der Waals surface area contributed by atoms with Gasteiger partial charge in [-0.05, 0) is 24.3 Å². The Bertz CT molecular complexity index is 963. The molecule has 0 bridgehead atoms. The van der Waals surface area contributed by atoms with Crippen molar-refractivity contribution in [2.75, 3.05) is 16.8 Å². The lowest BCUT2D eigenvalue weighted by Crippen LogP contribution is -2.28. The Morgan fingerprint density at radius 3 is 2.57 bits per heavy atom. The highest BCUT2D eigenvalue weighted by Gasteiger charge is 2.35. The van der Waals surface area contributed by atoms with Gasteiger partial charge in [0.25, 0.3) is 0 Å². The maximum absolute atomic E-state index is 12.6. The third-order valence-electron chi connectivity index (χ3n) is 4.37. The molecule has 0 aliphatic carbocycles. The predicted octanol–water partition coefficient (Wildman–Crippen LogP) is 3.82. The number of carbonyl (C=O) groups excluding carboxylic acids is 2. The minimum Gasteiger partial charge on any atom is -0.312 e. The number of hydrogen-bond donors (Lipinski definition) is 1. The van der Waals surface area contributed by atoms with Gasteiger partial charge in [-0.15, -0.1) is 22.0 Å². The number of hydrogen-bond acceptors (Lipinski definition) is 6. The quantitative estimate of drug-likeness (QED) is 0.625. The third-order valence-corrected chi connectivity index (χ3v) is 6.41. The van der Waals surface area contributed by atoms with Crippen LogP contribution in [0.25, 0.3) is 0 Å². The van der Waals surface area contributed by atoms with Crippen LogP contribution in [0.2, 0.25) is 0 Å². The SMILES string of the molecule is O=C(Nc1nnc(CSc2ccccc2)s1)C1CC(=O)N(c2ccccc2)C1. The largest absolute Gasteiger partial charge is 0.312 e. The number of amides is 2. The lowest BCUT2D eigenvalue weighted by molar-refractivity contribution is -0.122. The minimum atomic E-state index is -0.390. The molecule has 2 aromatic carbocycles. The second-order valence-corrected chi connectivity index (χ2v) is 8.44. The van der Waals surface area contributed by atoms with Crippen LogP contribution in [0.4, 0.5) is 10.8 Å². The van der Waals surface area contributed by atoms with Crippen molar-refractivity contribution in [3.8, 4) is 0 Å². The van der Waals surface area contributed by atoms with Crippen LogP contribution in [0.3, 0.4) is 0 Å². The molecule has 2 amide bonds. The average molecular weight is 411 g/mol. The molecule has 1 saturated heterocycles. The maximum Gasteiger partial charge on any atom is 0.231 e. The van der Waals surface area contributed by atoms with Gasteiger partial charge >= 0.3 is 0 Å². The third kappa shape index (κ3) is 4.40. The Morgan fingerprint density at radius 1 is 1.11 bits per heavy atom. The standard InChI is InChI=1S/C20H18N4O2S2/c25-18-11-14(12-24(18)15-7-3-1-4-8-15)19(26)21-20-23-22-17(28-20)13-27-16-9-5-2-6-10-16/h1-10,14H,11-13H2,(H,21,23,26). The molecule has 1 atom stereocenters. The summed E-state index contributed by atoms with van der Waals surface area (Å²) in [6.45, 7) is 0.379. The monoisotopic (exact) mass is 410 g/mol. The van der Waals surface area contributed by atoms with Crippen molar-refractivity contribution < 1.29 is 9.59 Å². The molecule has 1 aliphatic heterocycles. The molecule has 1 unspecified atom stereocenters. The highest BCUT2D eigenvalue weighted by Crippen LogP contribution is 2.28. The van der Waals surface area contributed by atoms with E-state index >= 15 is 0 Å². The van der Waals surface area contributed by atoms with Crippen LogP contribution >= 0.6 is 23.1 Å². The zero-order chi connectivity index (χ0) is 19.3. The molecule has 8 heteroatoms. The van der Waals surface area contributed by atoms with Crippen LogP contribution in [-0.4, -0.2) is 28.6 Å². The van der Waals surface area contributed by atoms with Gasteiger partial charge in [0.15, 0.2) is 0 Å². The second kappa shape index (κ2) is 8.53. The first kappa shape index (κ1) is 18.6. The Balaban J connectivity index is 1.33. The number of thioether (sulfide) groups is 1. The molecule has 6 nitrogen and oxygen atoms in total. The molecule has 4 rings (SSSR count). The smallest absolute Gasteiger partial charge is 0.231 e. The normalized spacial score (nSPS) is 16.4. The van der Waals surface area contributed by atoms with Gasteiger partial charge in [-0.1, -0.05) is 47.7 Å². The van der Waals surface area contributed by atoms with Gasteiger partial charge in [-0.3, -0.25) is 9.59 Å². The molecule has 142 valence electrons. The van der Waals surface area contributed by atoms with Crippen molar-refractivity contribution in [3.05, 3.63) is 65.7 Å². The van der Waals surface area contributed by atoms with Crippen LogP contribution < -0.4 is 10.2 Å². The molecule has 28 heavy (non-hydrogen) atoms. The van der Waals surface area contributed by atoms with E-state index in [4.69, 9.17) is 0 Å². The fourth-order valence-corrected chi connectivity index (χ4v) is 4.62. The summed E-state index contributed by atoms with van der Waals surface area (Å²) in [5, 5.41) is 12.3. The van der Waals surface area contributed by atoms with Gasteiger partial charge in [0.2, 0.25) is 16.9 Å². The lowest BCUT2D eigenvalue weighted by atomic mass is 10.1. The number of para-hydroxylation sites is 1. The zero-order valence-electron chi connectivity index (χ0n) is 14.9. The molecule has 1 fully saturated rings. The van der Waals surface area contributed by atoms with E-state index in [2.05, 4.69) is 15.5 Å². The molecule has 2 heterocycles. The summed E-state index contributed by atoms with van der Waals surface area (Å²) in [5.74, 6) is 0.0776. The maximum atomic E-state index is 12.6. The van der Waals surface area contributed by atoms with Crippen molar-refractivity contribution in [1.29, 1.82) is 0 Å². The predicted molar refractivity (Wildman–Crippen MR) is 111 cm³/mol. The van der Waals surface area contributed by atoms with Crippen LogP contribution in [-0.2, 0) is 15.3 Å². The van der Waals surface area contributed by atoms with E-state index in [0.29, 0.717) is 17.4 Å². The first-order valence-electron chi connectivity index (χ1n) is 8.85. The van der Waals surface area contributed by atoms with E-state index in [1.54, 1.807) is 16.7 Å². The Kier molecular flexibility index (Phi) is 5.68. The van der Waals surface area contributed by atoms with E-state index in [-0.39, 0.29) is 18.2 Å². The fraction of sp³-hybridized carbons (Fsp3) is 0.200. The second-order valence-electron chi connectivity index (χ2n) is 6.33. The van der Waals surface area contributed by atoms with E-state index < -0.39 is 5.92 Å².